The standard InChI is InChI=1S/C18H20N2O5S/c1-11(16(23)19-7-3-2-4-8-19)20-17(24)15(26-18(20)25)10-12-5-6-13(21)14(22)9-12/h5-6,9-11,21-22H,2-4,7-8H2,1H3/b15-10-. The van der Waals surface area contributed by atoms with Gasteiger partial charge in [0.15, 0.2) is 11.5 Å². The van der Waals surface area contributed by atoms with E-state index in [-0.39, 0.29) is 22.3 Å². The molecule has 8 heteroatoms. The van der Waals surface area contributed by atoms with Gasteiger partial charge in [0.2, 0.25) is 5.91 Å². The van der Waals surface area contributed by atoms with Crippen LogP contribution in [0.4, 0.5) is 4.79 Å². The van der Waals surface area contributed by atoms with Gasteiger partial charge in [-0.05, 0) is 61.7 Å². The van der Waals surface area contributed by atoms with Gasteiger partial charge in [-0.15, -0.1) is 0 Å². The molecule has 2 aliphatic heterocycles. The molecule has 138 valence electrons. The van der Waals surface area contributed by atoms with Crippen molar-refractivity contribution in [2.24, 2.45) is 0 Å². The van der Waals surface area contributed by atoms with Gasteiger partial charge in [-0.1, -0.05) is 6.07 Å². The van der Waals surface area contributed by atoms with Crippen LogP contribution in [-0.4, -0.2) is 56.2 Å². The predicted octanol–water partition coefficient (Wildman–Crippen LogP) is 2.54. The minimum absolute atomic E-state index is 0.179. The highest BCUT2D eigenvalue weighted by Crippen LogP contribution is 2.35. The number of benzene rings is 1. The number of phenolic OH excluding ortho intramolecular Hbond substituents is 2. The monoisotopic (exact) mass is 376 g/mol. The number of piperidine rings is 1. The first kappa shape index (κ1) is 18.3. The van der Waals surface area contributed by atoms with Crippen molar-refractivity contribution >= 4 is 34.9 Å². The number of likely N-dealkylation sites (tertiary alicyclic amines) is 1. The predicted molar refractivity (Wildman–Crippen MR) is 97.5 cm³/mol. The molecule has 1 aromatic carbocycles. The van der Waals surface area contributed by atoms with E-state index in [9.17, 15) is 24.6 Å². The van der Waals surface area contributed by atoms with E-state index in [1.165, 1.54) is 24.3 Å². The summed E-state index contributed by atoms with van der Waals surface area (Å²) in [6.07, 6.45) is 4.42. The Bertz CT molecular complexity index is 786. The Morgan fingerprint density at radius 1 is 1.15 bits per heavy atom. The lowest BCUT2D eigenvalue weighted by Crippen LogP contribution is -2.50. The number of imide groups is 1. The normalized spacial score (nSPS) is 20.7. The number of hydrogen-bond donors (Lipinski definition) is 2. The summed E-state index contributed by atoms with van der Waals surface area (Å²) in [6, 6.07) is 3.27. The Morgan fingerprint density at radius 2 is 1.85 bits per heavy atom. The zero-order valence-corrected chi connectivity index (χ0v) is 15.2. The Hall–Kier alpha value is -2.48. The van der Waals surface area contributed by atoms with Crippen molar-refractivity contribution in [3.8, 4) is 11.5 Å². The second kappa shape index (κ2) is 7.41. The molecule has 0 aliphatic carbocycles. The molecule has 1 unspecified atom stereocenters. The van der Waals surface area contributed by atoms with Crippen LogP contribution < -0.4 is 0 Å². The molecule has 0 aromatic heterocycles. The van der Waals surface area contributed by atoms with Crippen LogP contribution in [0.2, 0.25) is 0 Å². The highest BCUT2D eigenvalue weighted by atomic mass is 32.2. The van der Waals surface area contributed by atoms with Crippen LogP contribution in [0.5, 0.6) is 11.5 Å². The average molecular weight is 376 g/mol. The molecule has 2 aliphatic rings. The van der Waals surface area contributed by atoms with Gasteiger partial charge in [0, 0.05) is 13.1 Å². The minimum atomic E-state index is -0.847. The maximum absolute atomic E-state index is 12.6. The fourth-order valence-corrected chi connectivity index (χ4v) is 3.99. The molecule has 1 aromatic rings. The van der Waals surface area contributed by atoms with E-state index in [4.69, 9.17) is 0 Å². The second-order valence-corrected chi connectivity index (χ2v) is 7.35. The molecule has 0 spiro atoms. The number of thioether (sulfide) groups is 1. The minimum Gasteiger partial charge on any atom is -0.504 e. The largest absolute Gasteiger partial charge is 0.504 e. The van der Waals surface area contributed by atoms with Crippen molar-refractivity contribution < 1.29 is 24.6 Å². The molecule has 2 heterocycles. The molecule has 2 saturated heterocycles. The summed E-state index contributed by atoms with van der Waals surface area (Å²) < 4.78 is 0. The average Bonchev–Trinajstić information content (AvgIpc) is 2.91. The number of phenols is 2. The third-order valence-electron chi connectivity index (χ3n) is 4.53. The number of rotatable bonds is 3. The van der Waals surface area contributed by atoms with Crippen LogP contribution in [0.1, 0.15) is 31.7 Å². The second-order valence-electron chi connectivity index (χ2n) is 6.36. The summed E-state index contributed by atoms with van der Waals surface area (Å²) in [5, 5.41) is 18.4. The molecule has 3 amide bonds. The van der Waals surface area contributed by atoms with Gasteiger partial charge >= 0.3 is 0 Å². The van der Waals surface area contributed by atoms with Crippen LogP contribution in [-0.2, 0) is 9.59 Å². The van der Waals surface area contributed by atoms with E-state index in [1.807, 2.05) is 0 Å². The lowest BCUT2D eigenvalue weighted by atomic mass is 10.1. The van der Waals surface area contributed by atoms with Gasteiger partial charge < -0.3 is 15.1 Å². The fraction of sp³-hybridized carbons (Fsp3) is 0.389. The summed E-state index contributed by atoms with van der Waals surface area (Å²) in [4.78, 5) is 40.4. The summed E-state index contributed by atoms with van der Waals surface area (Å²) in [5.41, 5.74) is 0.473. The smallest absolute Gasteiger partial charge is 0.294 e. The number of amides is 3. The number of aromatic hydroxyl groups is 2. The zero-order valence-electron chi connectivity index (χ0n) is 14.3. The Balaban J connectivity index is 1.78. The Labute approximate surface area is 155 Å². The topological polar surface area (TPSA) is 98.2 Å². The summed E-state index contributed by atoms with van der Waals surface area (Å²) >= 11 is 0.763. The molecule has 3 rings (SSSR count). The quantitative estimate of drug-likeness (QED) is 0.621. The molecule has 0 radical (unpaired) electrons. The maximum Gasteiger partial charge on any atom is 0.294 e. The lowest BCUT2D eigenvalue weighted by molar-refractivity contribution is -0.140. The molecule has 7 nitrogen and oxygen atoms in total. The van der Waals surface area contributed by atoms with Gasteiger partial charge in [-0.25, -0.2) is 0 Å². The highest BCUT2D eigenvalue weighted by molar-refractivity contribution is 8.18. The molecular formula is C18H20N2O5S. The van der Waals surface area contributed by atoms with Crippen molar-refractivity contribution in [3.05, 3.63) is 28.7 Å². The van der Waals surface area contributed by atoms with E-state index < -0.39 is 17.2 Å². The van der Waals surface area contributed by atoms with Gasteiger partial charge in [0.1, 0.15) is 6.04 Å². The number of nitrogens with zero attached hydrogens (tertiary/aromatic N) is 2. The number of carbonyl (C=O) groups is 3. The van der Waals surface area contributed by atoms with Gasteiger partial charge in [-0.3, -0.25) is 19.3 Å². The van der Waals surface area contributed by atoms with E-state index in [1.54, 1.807) is 11.8 Å². The van der Waals surface area contributed by atoms with E-state index >= 15 is 0 Å². The maximum atomic E-state index is 12.6. The first-order valence-electron chi connectivity index (χ1n) is 8.46. The van der Waals surface area contributed by atoms with E-state index in [2.05, 4.69) is 0 Å². The van der Waals surface area contributed by atoms with Gasteiger partial charge in [0.25, 0.3) is 11.1 Å². The van der Waals surface area contributed by atoms with Crippen LogP contribution in [0.15, 0.2) is 23.1 Å². The van der Waals surface area contributed by atoms with Crippen molar-refractivity contribution in [1.82, 2.24) is 9.80 Å². The van der Waals surface area contributed by atoms with Crippen LogP contribution in [0, 0.1) is 0 Å². The number of carbonyl (C=O) groups excluding carboxylic acids is 3. The molecule has 0 bridgehead atoms. The Kier molecular flexibility index (Phi) is 5.22. The van der Waals surface area contributed by atoms with Crippen molar-refractivity contribution in [3.63, 3.8) is 0 Å². The van der Waals surface area contributed by atoms with Crippen molar-refractivity contribution in [2.45, 2.75) is 32.2 Å². The molecule has 2 N–H and O–H groups in total. The molecule has 2 fully saturated rings. The van der Waals surface area contributed by atoms with Crippen LogP contribution >= 0.6 is 11.8 Å². The number of hydrogen-bond acceptors (Lipinski definition) is 6. The van der Waals surface area contributed by atoms with E-state index in [0.29, 0.717) is 18.7 Å². The molecule has 0 saturated carbocycles. The van der Waals surface area contributed by atoms with Gasteiger partial charge in [-0.2, -0.15) is 0 Å². The van der Waals surface area contributed by atoms with Crippen LogP contribution in [0.3, 0.4) is 0 Å². The van der Waals surface area contributed by atoms with E-state index in [0.717, 1.165) is 35.9 Å². The fourth-order valence-electron chi connectivity index (χ4n) is 3.08. The zero-order chi connectivity index (χ0) is 18.8. The summed E-state index contributed by atoms with van der Waals surface area (Å²) in [5.74, 6) is -1.32. The third-order valence-corrected chi connectivity index (χ3v) is 5.42. The van der Waals surface area contributed by atoms with Gasteiger partial charge in [0.05, 0.1) is 4.91 Å². The first-order chi connectivity index (χ1) is 12.4. The highest BCUT2D eigenvalue weighted by Gasteiger charge is 2.42. The Morgan fingerprint density at radius 3 is 2.50 bits per heavy atom. The third kappa shape index (κ3) is 3.55. The molecule has 26 heavy (non-hydrogen) atoms. The summed E-state index contributed by atoms with van der Waals surface area (Å²) in [6.45, 7) is 2.88. The van der Waals surface area contributed by atoms with Crippen LogP contribution in [0.25, 0.3) is 6.08 Å². The van der Waals surface area contributed by atoms with Crippen molar-refractivity contribution in [2.75, 3.05) is 13.1 Å². The SMILES string of the molecule is CC(C(=O)N1CCCCC1)N1C(=O)S/C(=C\c2ccc(O)c(O)c2)C1=O. The first-order valence-corrected chi connectivity index (χ1v) is 9.28. The summed E-state index contributed by atoms with van der Waals surface area (Å²) in [7, 11) is 0. The van der Waals surface area contributed by atoms with Crippen molar-refractivity contribution in [1.29, 1.82) is 0 Å². The molecule has 1 atom stereocenters. The molecular weight excluding hydrogens is 356 g/mol. The lowest BCUT2D eigenvalue weighted by Gasteiger charge is -2.31.